The first-order valence-electron chi connectivity index (χ1n) is 4.62. The van der Waals surface area contributed by atoms with Crippen LogP contribution in [0.25, 0.3) is 0 Å². The third kappa shape index (κ3) is 1.00. The second kappa shape index (κ2) is 2.42. The Morgan fingerprint density at radius 3 is 2.08 bits per heavy atom. The first-order chi connectivity index (χ1) is 6.01. The first-order valence-corrected chi connectivity index (χ1v) is 4.62. The van der Waals surface area contributed by atoms with Crippen LogP contribution in [-0.2, 0) is 4.79 Å². The van der Waals surface area contributed by atoms with Gasteiger partial charge in [-0.3, -0.25) is 4.79 Å². The van der Waals surface area contributed by atoms with Gasteiger partial charge in [0.2, 0.25) is 0 Å². The number of alkyl halides is 2. The van der Waals surface area contributed by atoms with Crippen LogP contribution < -0.4 is 0 Å². The maximum Gasteiger partial charge on any atom is 0.316 e. The fourth-order valence-corrected chi connectivity index (χ4v) is 2.57. The highest BCUT2D eigenvalue weighted by Crippen LogP contribution is 2.67. The Bertz CT molecular complexity index is 246. The highest BCUT2D eigenvalue weighted by Gasteiger charge is 2.79. The summed E-state index contributed by atoms with van der Waals surface area (Å²) in [6.07, 6.45) is 2.66. The molecule has 13 heavy (non-hydrogen) atoms. The van der Waals surface area contributed by atoms with E-state index < -0.39 is 23.7 Å². The largest absolute Gasteiger partial charge is 0.481 e. The van der Waals surface area contributed by atoms with Crippen molar-refractivity contribution >= 4 is 5.97 Å². The monoisotopic (exact) mass is 190 g/mol. The molecular weight excluding hydrogens is 178 g/mol. The van der Waals surface area contributed by atoms with Crippen molar-refractivity contribution in [1.82, 2.24) is 0 Å². The van der Waals surface area contributed by atoms with Gasteiger partial charge in [0.1, 0.15) is 5.41 Å². The van der Waals surface area contributed by atoms with Crippen LogP contribution >= 0.6 is 0 Å². The van der Waals surface area contributed by atoms with Crippen LogP contribution in [0.4, 0.5) is 8.78 Å². The first kappa shape index (κ1) is 8.91. The van der Waals surface area contributed by atoms with Gasteiger partial charge in [-0.25, -0.2) is 8.78 Å². The van der Waals surface area contributed by atoms with Crippen LogP contribution in [0.5, 0.6) is 0 Å². The van der Waals surface area contributed by atoms with E-state index in [1.165, 1.54) is 0 Å². The molecule has 1 unspecified atom stereocenters. The van der Waals surface area contributed by atoms with Gasteiger partial charge in [0, 0.05) is 6.42 Å². The molecule has 4 heteroatoms. The smallest absolute Gasteiger partial charge is 0.316 e. The standard InChI is InChI=1S/C9H12F2O2/c10-9(11)5-8(9,7(12)13)6-3-1-2-4-6/h6H,1-5H2,(H,12,13). The van der Waals surface area contributed by atoms with Crippen LogP contribution in [0.15, 0.2) is 0 Å². The Hall–Kier alpha value is -0.670. The van der Waals surface area contributed by atoms with Crippen molar-refractivity contribution < 1.29 is 18.7 Å². The van der Waals surface area contributed by atoms with Gasteiger partial charge in [0.05, 0.1) is 0 Å². The third-order valence-corrected chi connectivity index (χ3v) is 3.46. The Labute approximate surface area is 74.9 Å². The molecule has 0 amide bonds. The van der Waals surface area contributed by atoms with E-state index in [0.717, 1.165) is 12.8 Å². The summed E-state index contributed by atoms with van der Waals surface area (Å²) in [5.74, 6) is -4.54. The van der Waals surface area contributed by atoms with Gasteiger partial charge in [-0.2, -0.15) is 0 Å². The molecule has 2 saturated carbocycles. The van der Waals surface area contributed by atoms with E-state index in [0.29, 0.717) is 12.8 Å². The predicted octanol–water partition coefficient (Wildman–Crippen LogP) is 2.29. The number of carbonyl (C=O) groups is 1. The molecule has 2 nitrogen and oxygen atoms in total. The Balaban J connectivity index is 2.21. The lowest BCUT2D eigenvalue weighted by Crippen LogP contribution is -2.29. The molecule has 2 rings (SSSR count). The zero-order valence-electron chi connectivity index (χ0n) is 7.22. The van der Waals surface area contributed by atoms with E-state index in [4.69, 9.17) is 5.11 Å². The quantitative estimate of drug-likeness (QED) is 0.725. The van der Waals surface area contributed by atoms with Crippen LogP contribution in [0.3, 0.4) is 0 Å². The summed E-state index contributed by atoms with van der Waals surface area (Å²) in [6.45, 7) is 0. The number of hydrogen-bond acceptors (Lipinski definition) is 1. The van der Waals surface area contributed by atoms with E-state index in [1.54, 1.807) is 0 Å². The lowest BCUT2D eigenvalue weighted by Gasteiger charge is -2.18. The topological polar surface area (TPSA) is 37.3 Å². The van der Waals surface area contributed by atoms with E-state index in [9.17, 15) is 13.6 Å². The molecule has 0 spiro atoms. The second-order valence-corrected chi connectivity index (χ2v) is 4.14. The van der Waals surface area contributed by atoms with Crippen LogP contribution in [0.1, 0.15) is 32.1 Å². The van der Waals surface area contributed by atoms with Gasteiger partial charge in [0.25, 0.3) is 5.92 Å². The molecule has 0 aromatic carbocycles. The van der Waals surface area contributed by atoms with Gasteiger partial charge >= 0.3 is 5.97 Å². The molecule has 1 atom stereocenters. The van der Waals surface area contributed by atoms with Crippen molar-refractivity contribution in [3.8, 4) is 0 Å². The Kier molecular flexibility index (Phi) is 1.66. The van der Waals surface area contributed by atoms with E-state index in [-0.39, 0.29) is 5.92 Å². The number of hydrogen-bond donors (Lipinski definition) is 1. The lowest BCUT2D eigenvalue weighted by molar-refractivity contribution is -0.150. The molecule has 0 aromatic rings. The molecule has 74 valence electrons. The molecule has 0 saturated heterocycles. The summed E-state index contributed by atoms with van der Waals surface area (Å²) >= 11 is 0. The number of aliphatic carboxylic acids is 1. The molecule has 2 aliphatic carbocycles. The van der Waals surface area contributed by atoms with Crippen molar-refractivity contribution in [3.63, 3.8) is 0 Å². The van der Waals surface area contributed by atoms with Gasteiger partial charge in [0.15, 0.2) is 0 Å². The van der Waals surface area contributed by atoms with E-state index in [1.807, 2.05) is 0 Å². The molecule has 0 aromatic heterocycles. The minimum Gasteiger partial charge on any atom is -0.481 e. The average molecular weight is 190 g/mol. The van der Waals surface area contributed by atoms with Gasteiger partial charge in [-0.15, -0.1) is 0 Å². The molecule has 0 aliphatic heterocycles. The molecular formula is C9H12F2O2. The summed E-state index contributed by atoms with van der Waals surface area (Å²) in [5.41, 5.74) is -1.69. The lowest BCUT2D eigenvalue weighted by atomic mass is 9.87. The van der Waals surface area contributed by atoms with Crippen molar-refractivity contribution in [1.29, 1.82) is 0 Å². The molecule has 0 heterocycles. The zero-order chi connectivity index (χ0) is 9.69. The normalized spacial score (nSPS) is 37.7. The van der Waals surface area contributed by atoms with Crippen molar-refractivity contribution in [2.24, 2.45) is 11.3 Å². The molecule has 1 N–H and O–H groups in total. The summed E-state index contributed by atoms with van der Waals surface area (Å²) in [6, 6.07) is 0. The Morgan fingerprint density at radius 2 is 1.77 bits per heavy atom. The molecule has 0 bridgehead atoms. The van der Waals surface area contributed by atoms with Gasteiger partial charge < -0.3 is 5.11 Å². The number of rotatable bonds is 2. The SMILES string of the molecule is O=C(O)C1(C2CCCC2)CC1(F)F. The summed E-state index contributed by atoms with van der Waals surface area (Å²) in [4.78, 5) is 10.8. The second-order valence-electron chi connectivity index (χ2n) is 4.14. The molecule has 0 radical (unpaired) electrons. The van der Waals surface area contributed by atoms with Gasteiger partial charge in [-0.05, 0) is 18.8 Å². The number of halogens is 2. The fraction of sp³-hybridized carbons (Fsp3) is 0.889. The predicted molar refractivity (Wildman–Crippen MR) is 41.6 cm³/mol. The van der Waals surface area contributed by atoms with Crippen molar-refractivity contribution in [2.45, 2.75) is 38.0 Å². The number of carboxylic acid groups (broad SMARTS) is 1. The van der Waals surface area contributed by atoms with Gasteiger partial charge in [-0.1, -0.05) is 12.8 Å². The van der Waals surface area contributed by atoms with Crippen molar-refractivity contribution in [3.05, 3.63) is 0 Å². The maximum atomic E-state index is 13.0. The maximum absolute atomic E-state index is 13.0. The minimum absolute atomic E-state index is 0.292. The highest BCUT2D eigenvalue weighted by molar-refractivity contribution is 5.81. The number of carboxylic acids is 1. The zero-order valence-corrected chi connectivity index (χ0v) is 7.22. The Morgan fingerprint density at radius 1 is 1.31 bits per heavy atom. The van der Waals surface area contributed by atoms with Crippen molar-refractivity contribution in [2.75, 3.05) is 0 Å². The van der Waals surface area contributed by atoms with E-state index in [2.05, 4.69) is 0 Å². The van der Waals surface area contributed by atoms with Crippen LogP contribution in [0, 0.1) is 11.3 Å². The molecule has 2 aliphatic rings. The summed E-state index contributed by atoms with van der Waals surface area (Å²) in [7, 11) is 0. The molecule has 2 fully saturated rings. The minimum atomic E-state index is -2.95. The van der Waals surface area contributed by atoms with E-state index >= 15 is 0 Å². The van der Waals surface area contributed by atoms with Crippen LogP contribution in [0.2, 0.25) is 0 Å². The highest BCUT2D eigenvalue weighted by atomic mass is 19.3. The average Bonchev–Trinajstić information content (AvgIpc) is 2.52. The summed E-state index contributed by atoms with van der Waals surface area (Å²) in [5, 5.41) is 8.82. The van der Waals surface area contributed by atoms with Crippen LogP contribution in [-0.4, -0.2) is 17.0 Å². The summed E-state index contributed by atoms with van der Waals surface area (Å²) < 4.78 is 25.9. The fourth-order valence-electron chi connectivity index (χ4n) is 2.57. The third-order valence-electron chi connectivity index (χ3n) is 3.46.